The third-order valence-corrected chi connectivity index (χ3v) is 4.85. The van der Waals surface area contributed by atoms with E-state index in [1.165, 1.54) is 5.56 Å². The van der Waals surface area contributed by atoms with Crippen LogP contribution >= 0.6 is 11.3 Å². The molecule has 0 unspecified atom stereocenters. The normalized spacial score (nSPS) is 28.7. The highest BCUT2D eigenvalue weighted by Gasteiger charge is 2.44. The number of amides is 1. The van der Waals surface area contributed by atoms with Gasteiger partial charge in [0.15, 0.2) is 0 Å². The van der Waals surface area contributed by atoms with Crippen LogP contribution in [0.25, 0.3) is 0 Å². The van der Waals surface area contributed by atoms with E-state index in [0.29, 0.717) is 0 Å². The minimum Gasteiger partial charge on any atom is -0.441 e. The summed E-state index contributed by atoms with van der Waals surface area (Å²) in [6.07, 6.45) is 2.88. The Bertz CT molecular complexity index is 448. The molecule has 2 fully saturated rings. The molecular weight excluding hydrogens is 260 g/mol. The Hall–Kier alpha value is -1.07. The molecule has 0 bridgehead atoms. The van der Waals surface area contributed by atoms with Crippen LogP contribution in [-0.4, -0.2) is 48.2 Å². The molecule has 1 aromatic heterocycles. The minimum atomic E-state index is -0.227. The summed E-state index contributed by atoms with van der Waals surface area (Å²) in [5, 5.41) is 4.34. The van der Waals surface area contributed by atoms with Crippen LogP contribution in [0.4, 0.5) is 4.79 Å². The molecule has 0 saturated carbocycles. The second-order valence-corrected chi connectivity index (χ2v) is 6.45. The van der Waals surface area contributed by atoms with Crippen LogP contribution in [0.2, 0.25) is 0 Å². The van der Waals surface area contributed by atoms with Crippen molar-refractivity contribution < 1.29 is 9.53 Å². The molecule has 2 aliphatic rings. The van der Waals surface area contributed by atoms with E-state index in [0.717, 1.165) is 45.4 Å². The first-order valence-corrected chi connectivity index (χ1v) is 7.79. The van der Waals surface area contributed by atoms with Gasteiger partial charge in [-0.25, -0.2) is 4.79 Å². The molecule has 0 N–H and O–H groups in total. The topological polar surface area (TPSA) is 32.8 Å². The summed E-state index contributed by atoms with van der Waals surface area (Å²) in [5.74, 6) is 0. The van der Waals surface area contributed by atoms with Gasteiger partial charge in [-0.15, -0.1) is 0 Å². The molecule has 1 spiro atoms. The Kier molecular flexibility index (Phi) is 3.50. The van der Waals surface area contributed by atoms with E-state index in [9.17, 15) is 4.79 Å². The predicted molar refractivity (Wildman–Crippen MR) is 75.3 cm³/mol. The van der Waals surface area contributed by atoms with Gasteiger partial charge in [-0.3, -0.25) is 4.90 Å². The number of likely N-dealkylation sites (tertiary alicyclic amines) is 1. The van der Waals surface area contributed by atoms with Crippen LogP contribution in [0.5, 0.6) is 0 Å². The fourth-order valence-electron chi connectivity index (χ4n) is 3.07. The fraction of sp³-hybridized carbons (Fsp3) is 0.643. The van der Waals surface area contributed by atoms with Crippen LogP contribution in [0.1, 0.15) is 24.8 Å². The maximum absolute atomic E-state index is 11.6. The van der Waals surface area contributed by atoms with Crippen molar-refractivity contribution in [3.8, 4) is 0 Å². The van der Waals surface area contributed by atoms with E-state index in [2.05, 4.69) is 21.7 Å². The number of rotatable bonds is 2. The molecule has 1 atom stereocenters. The summed E-state index contributed by atoms with van der Waals surface area (Å²) < 4.78 is 5.63. The van der Waals surface area contributed by atoms with Crippen LogP contribution in [-0.2, 0) is 11.3 Å². The first-order valence-electron chi connectivity index (χ1n) is 6.84. The molecule has 3 heterocycles. The van der Waals surface area contributed by atoms with E-state index < -0.39 is 0 Å². The molecule has 0 radical (unpaired) electrons. The van der Waals surface area contributed by atoms with Gasteiger partial charge >= 0.3 is 6.09 Å². The molecule has 1 aromatic rings. The molecule has 2 aliphatic heterocycles. The highest BCUT2D eigenvalue weighted by Crippen LogP contribution is 2.32. The number of hydrogen-bond donors (Lipinski definition) is 0. The zero-order valence-corrected chi connectivity index (χ0v) is 12.1. The van der Waals surface area contributed by atoms with E-state index in [1.54, 1.807) is 16.2 Å². The van der Waals surface area contributed by atoms with Crippen molar-refractivity contribution in [2.24, 2.45) is 0 Å². The molecule has 1 amide bonds. The number of hydrogen-bond acceptors (Lipinski definition) is 4. The Morgan fingerprint density at radius 2 is 2.32 bits per heavy atom. The van der Waals surface area contributed by atoms with Crippen LogP contribution in [0.15, 0.2) is 16.8 Å². The third kappa shape index (κ3) is 2.77. The van der Waals surface area contributed by atoms with E-state index >= 15 is 0 Å². The lowest BCUT2D eigenvalue weighted by atomic mass is 9.95. The Morgan fingerprint density at radius 1 is 1.42 bits per heavy atom. The number of carbonyl (C=O) groups excluding carboxylic acids is 1. The lowest BCUT2D eigenvalue weighted by molar-refractivity contribution is 0.0443. The molecule has 0 aliphatic carbocycles. The van der Waals surface area contributed by atoms with Crippen molar-refractivity contribution in [3.05, 3.63) is 22.4 Å². The lowest BCUT2D eigenvalue weighted by Crippen LogP contribution is -2.35. The summed E-state index contributed by atoms with van der Waals surface area (Å²) in [4.78, 5) is 15.8. The third-order valence-electron chi connectivity index (χ3n) is 4.12. The number of likely N-dealkylation sites (N-methyl/N-ethyl adjacent to an activating group) is 1. The lowest BCUT2D eigenvalue weighted by Gasteiger charge is -2.25. The second-order valence-electron chi connectivity index (χ2n) is 5.67. The monoisotopic (exact) mass is 280 g/mol. The van der Waals surface area contributed by atoms with E-state index in [1.807, 2.05) is 7.05 Å². The largest absolute Gasteiger partial charge is 0.441 e. The number of thiophene rings is 1. The van der Waals surface area contributed by atoms with Gasteiger partial charge in [0.05, 0.1) is 6.54 Å². The van der Waals surface area contributed by atoms with Crippen molar-refractivity contribution in [1.29, 1.82) is 0 Å². The zero-order chi connectivity index (χ0) is 13.3. The molecule has 3 rings (SSSR count). The van der Waals surface area contributed by atoms with Crippen LogP contribution in [0, 0.1) is 0 Å². The smallest absolute Gasteiger partial charge is 0.410 e. The molecule has 104 valence electrons. The maximum atomic E-state index is 11.6. The first-order chi connectivity index (χ1) is 9.17. The van der Waals surface area contributed by atoms with Gasteiger partial charge in [-0.05, 0) is 41.8 Å². The van der Waals surface area contributed by atoms with Gasteiger partial charge in [-0.2, -0.15) is 11.3 Å². The zero-order valence-electron chi connectivity index (χ0n) is 11.3. The molecule has 2 saturated heterocycles. The highest BCUT2D eigenvalue weighted by atomic mass is 32.1. The standard InChI is InChI=1S/C14H20N2O2S/c1-15-11-14(18-13(15)17)4-2-6-16(7-5-14)9-12-3-8-19-10-12/h3,8,10H,2,4-7,9,11H2,1H3/t14-/m1/s1. The minimum absolute atomic E-state index is 0.161. The molecule has 0 aromatic carbocycles. The summed E-state index contributed by atoms with van der Waals surface area (Å²) in [6.45, 7) is 3.87. The Balaban J connectivity index is 1.61. The predicted octanol–water partition coefficient (Wildman–Crippen LogP) is 2.55. The van der Waals surface area contributed by atoms with Crippen LogP contribution in [0.3, 0.4) is 0 Å². The SMILES string of the molecule is CN1C[C@]2(CCCN(Cc3ccsc3)CC2)OC1=O. The van der Waals surface area contributed by atoms with Crippen LogP contribution < -0.4 is 0 Å². The number of ether oxygens (including phenoxy) is 1. The summed E-state index contributed by atoms with van der Waals surface area (Å²) in [6, 6.07) is 2.19. The molecule has 19 heavy (non-hydrogen) atoms. The summed E-state index contributed by atoms with van der Waals surface area (Å²) in [5.41, 5.74) is 1.16. The average Bonchev–Trinajstić information content (AvgIpc) is 2.91. The first kappa shape index (κ1) is 12.9. The van der Waals surface area contributed by atoms with Crippen molar-refractivity contribution in [1.82, 2.24) is 9.80 Å². The van der Waals surface area contributed by atoms with E-state index in [-0.39, 0.29) is 11.7 Å². The number of nitrogens with zero attached hydrogens (tertiary/aromatic N) is 2. The molecular formula is C14H20N2O2S. The highest BCUT2D eigenvalue weighted by molar-refractivity contribution is 7.07. The van der Waals surface area contributed by atoms with Gasteiger partial charge in [0.2, 0.25) is 0 Å². The van der Waals surface area contributed by atoms with Crippen molar-refractivity contribution in [2.45, 2.75) is 31.4 Å². The van der Waals surface area contributed by atoms with Gasteiger partial charge in [-0.1, -0.05) is 0 Å². The van der Waals surface area contributed by atoms with Crippen molar-refractivity contribution in [3.63, 3.8) is 0 Å². The fourth-order valence-corrected chi connectivity index (χ4v) is 3.73. The van der Waals surface area contributed by atoms with Crippen molar-refractivity contribution in [2.75, 3.05) is 26.7 Å². The maximum Gasteiger partial charge on any atom is 0.410 e. The quantitative estimate of drug-likeness (QED) is 0.834. The Morgan fingerprint density at radius 3 is 3.00 bits per heavy atom. The van der Waals surface area contributed by atoms with Gasteiger partial charge in [0.25, 0.3) is 0 Å². The van der Waals surface area contributed by atoms with E-state index in [4.69, 9.17) is 4.74 Å². The summed E-state index contributed by atoms with van der Waals surface area (Å²) >= 11 is 1.75. The van der Waals surface area contributed by atoms with Crippen molar-refractivity contribution >= 4 is 17.4 Å². The molecule has 4 nitrogen and oxygen atoms in total. The second kappa shape index (κ2) is 5.13. The van der Waals surface area contributed by atoms with Gasteiger partial charge in [0.1, 0.15) is 5.60 Å². The molecule has 5 heteroatoms. The Labute approximate surface area is 118 Å². The average molecular weight is 280 g/mol. The number of carbonyl (C=O) groups is 1. The summed E-state index contributed by atoms with van der Waals surface area (Å²) in [7, 11) is 1.82. The van der Waals surface area contributed by atoms with Gasteiger partial charge in [0, 0.05) is 26.6 Å². The van der Waals surface area contributed by atoms with Gasteiger partial charge < -0.3 is 9.64 Å².